The van der Waals surface area contributed by atoms with Gasteiger partial charge in [-0.25, -0.2) is 4.42 Å². The first-order valence-electron chi connectivity index (χ1n) is 9.91. The van der Waals surface area contributed by atoms with Gasteiger partial charge in [-0.05, 0) is 12.1 Å². The summed E-state index contributed by atoms with van der Waals surface area (Å²) in [5.41, 5.74) is 0.449. The van der Waals surface area contributed by atoms with Crippen LogP contribution in [0.15, 0.2) is 40.8 Å². The second-order valence-corrected chi connectivity index (χ2v) is 7.52. The standard InChI is InChI=1S/C22H22O11/c1-30-15-4-9(2-3-12(15)25)21-16(7-11-13(26)5-10(24)6-14(11)31-21)32-22-20(29)19(28)18(27)17(8-23)33-22/h2-7,17-20,22-23,27-29H,8H2,1H3,(H2-,24,25,26)/p+1/t17-,18-,19+,20-,22?/m1/s1. The number of aromatic hydroxyl groups is 3. The van der Waals surface area contributed by atoms with Crippen LogP contribution in [0, 0.1) is 0 Å². The molecule has 0 spiro atoms. The minimum atomic E-state index is -1.69. The van der Waals surface area contributed by atoms with E-state index in [1.807, 2.05) is 0 Å². The molecule has 0 radical (unpaired) electrons. The van der Waals surface area contributed by atoms with Gasteiger partial charge in [0.05, 0.1) is 25.3 Å². The Labute approximate surface area is 186 Å². The van der Waals surface area contributed by atoms with Gasteiger partial charge in [-0.3, -0.25) is 0 Å². The van der Waals surface area contributed by atoms with Crippen molar-refractivity contribution in [2.75, 3.05) is 13.7 Å². The van der Waals surface area contributed by atoms with Crippen molar-refractivity contribution >= 4 is 11.0 Å². The lowest BCUT2D eigenvalue weighted by Crippen LogP contribution is -2.60. The van der Waals surface area contributed by atoms with E-state index in [0.29, 0.717) is 5.56 Å². The molecule has 4 rings (SSSR count). The minimum Gasteiger partial charge on any atom is -0.507 e. The van der Waals surface area contributed by atoms with Crippen molar-refractivity contribution in [3.8, 4) is 40.1 Å². The highest BCUT2D eigenvalue weighted by Crippen LogP contribution is 2.42. The number of fused-ring (bicyclic) bond motifs is 1. The number of aliphatic hydroxyl groups excluding tert-OH is 4. The van der Waals surface area contributed by atoms with Crippen LogP contribution in [0.3, 0.4) is 0 Å². The molecule has 1 aromatic heterocycles. The third-order valence-electron chi connectivity index (χ3n) is 5.35. The Kier molecular flexibility index (Phi) is 6.15. The predicted octanol–water partition coefficient (Wildman–Crippen LogP) is 0.685. The van der Waals surface area contributed by atoms with E-state index < -0.39 is 37.3 Å². The molecule has 1 aliphatic rings. The van der Waals surface area contributed by atoms with Crippen molar-refractivity contribution in [2.45, 2.75) is 30.7 Å². The van der Waals surface area contributed by atoms with Gasteiger partial charge in [0.1, 0.15) is 41.3 Å². The summed E-state index contributed by atoms with van der Waals surface area (Å²) < 4.78 is 22.2. The Balaban J connectivity index is 1.84. The SMILES string of the molecule is COc1cc(-c2[o+]c3cc(O)cc(O)c3cc2OC2O[C@H](CO)[C@@H](O)[C@H](O)[C@H]2O)ccc1O. The number of hydrogen-bond acceptors (Lipinski definition) is 10. The van der Waals surface area contributed by atoms with Crippen molar-refractivity contribution in [3.63, 3.8) is 0 Å². The first-order chi connectivity index (χ1) is 15.7. The lowest BCUT2D eigenvalue weighted by atomic mass is 9.99. The fraction of sp³-hybridized carbons (Fsp3) is 0.318. The van der Waals surface area contributed by atoms with Crippen LogP contribution in [-0.2, 0) is 4.74 Å². The lowest BCUT2D eigenvalue weighted by molar-refractivity contribution is -0.277. The van der Waals surface area contributed by atoms with Crippen molar-refractivity contribution in [1.82, 2.24) is 0 Å². The first-order valence-corrected chi connectivity index (χ1v) is 9.91. The van der Waals surface area contributed by atoms with Crippen molar-refractivity contribution in [3.05, 3.63) is 36.4 Å². The third-order valence-corrected chi connectivity index (χ3v) is 5.35. The van der Waals surface area contributed by atoms with Gasteiger partial charge in [0, 0.05) is 18.2 Å². The van der Waals surface area contributed by atoms with Gasteiger partial charge in [0.15, 0.2) is 11.5 Å². The molecule has 1 aliphatic heterocycles. The largest absolute Gasteiger partial charge is 0.507 e. The van der Waals surface area contributed by atoms with Gasteiger partial charge in [-0.15, -0.1) is 0 Å². The topological polar surface area (TPSA) is 181 Å². The Morgan fingerprint density at radius 1 is 0.909 bits per heavy atom. The van der Waals surface area contributed by atoms with Gasteiger partial charge >= 0.3 is 11.3 Å². The Hall–Kier alpha value is -3.35. The number of hydrogen-bond donors (Lipinski definition) is 7. The van der Waals surface area contributed by atoms with Crippen LogP contribution in [0.25, 0.3) is 22.3 Å². The zero-order valence-electron chi connectivity index (χ0n) is 17.3. The molecule has 5 atom stereocenters. The van der Waals surface area contributed by atoms with Crippen molar-refractivity contribution in [1.29, 1.82) is 0 Å². The zero-order chi connectivity index (χ0) is 23.9. The summed E-state index contributed by atoms with van der Waals surface area (Å²) >= 11 is 0. The quantitative estimate of drug-likeness (QED) is 0.264. The zero-order valence-corrected chi connectivity index (χ0v) is 17.3. The number of methoxy groups -OCH3 is 1. The van der Waals surface area contributed by atoms with E-state index in [0.717, 1.165) is 6.07 Å². The van der Waals surface area contributed by atoms with Gasteiger partial charge in [0.25, 0.3) is 0 Å². The molecule has 0 saturated carbocycles. The maximum absolute atomic E-state index is 10.4. The number of rotatable bonds is 5. The molecular weight excluding hydrogens is 440 g/mol. The highest BCUT2D eigenvalue weighted by molar-refractivity contribution is 5.88. The molecule has 7 N–H and O–H groups in total. The molecule has 11 heteroatoms. The van der Waals surface area contributed by atoms with Gasteiger partial charge < -0.3 is 50.0 Å². The molecule has 176 valence electrons. The van der Waals surface area contributed by atoms with E-state index >= 15 is 0 Å². The first kappa shape index (κ1) is 22.8. The van der Waals surface area contributed by atoms with E-state index in [4.69, 9.17) is 18.6 Å². The second-order valence-electron chi connectivity index (χ2n) is 7.52. The summed E-state index contributed by atoms with van der Waals surface area (Å²) in [7, 11) is 1.36. The number of phenolic OH excluding ortho intramolecular Hbond substituents is 3. The van der Waals surface area contributed by atoms with Crippen LogP contribution in [0.1, 0.15) is 0 Å². The van der Waals surface area contributed by atoms with Crippen molar-refractivity contribution in [2.24, 2.45) is 0 Å². The fourth-order valence-electron chi connectivity index (χ4n) is 3.58. The number of aliphatic hydroxyl groups is 4. The Morgan fingerprint density at radius 3 is 2.36 bits per heavy atom. The number of phenols is 3. The Morgan fingerprint density at radius 2 is 1.67 bits per heavy atom. The maximum atomic E-state index is 10.4. The summed E-state index contributed by atoms with van der Waals surface area (Å²) in [6.07, 6.45) is -7.65. The molecule has 0 aliphatic carbocycles. The number of ether oxygens (including phenoxy) is 3. The monoisotopic (exact) mass is 463 g/mol. The molecule has 11 nitrogen and oxygen atoms in total. The molecule has 0 amide bonds. The van der Waals surface area contributed by atoms with Crippen LogP contribution >= 0.6 is 0 Å². The van der Waals surface area contributed by atoms with E-state index in [1.54, 1.807) is 0 Å². The summed E-state index contributed by atoms with van der Waals surface area (Å²) in [6, 6.07) is 8.02. The van der Waals surface area contributed by atoms with Crippen molar-refractivity contribution < 1.29 is 54.4 Å². The molecule has 0 bridgehead atoms. The average Bonchev–Trinajstić information content (AvgIpc) is 2.79. The summed E-state index contributed by atoms with van der Waals surface area (Å²) in [5, 5.41) is 70.0. The van der Waals surface area contributed by atoms with E-state index in [-0.39, 0.29) is 45.5 Å². The lowest BCUT2D eigenvalue weighted by Gasteiger charge is -2.39. The molecular formula is C22H23O11+. The minimum absolute atomic E-state index is 0.0442. The molecule has 2 aromatic carbocycles. The van der Waals surface area contributed by atoms with Crippen LogP contribution in [-0.4, -0.2) is 80.2 Å². The van der Waals surface area contributed by atoms with E-state index in [2.05, 4.69) is 0 Å². The molecule has 1 unspecified atom stereocenters. The fourth-order valence-corrected chi connectivity index (χ4v) is 3.58. The summed E-state index contributed by atoms with van der Waals surface area (Å²) in [6.45, 7) is -0.644. The van der Waals surface area contributed by atoms with Gasteiger partial charge in [0.2, 0.25) is 12.0 Å². The molecule has 1 saturated heterocycles. The van der Waals surface area contributed by atoms with Gasteiger partial charge in [-0.2, -0.15) is 0 Å². The second kappa shape index (κ2) is 8.89. The smallest absolute Gasteiger partial charge is 0.402 e. The molecule has 1 fully saturated rings. The van der Waals surface area contributed by atoms with Crippen LogP contribution in [0.5, 0.6) is 28.7 Å². The highest BCUT2D eigenvalue weighted by atomic mass is 16.7. The third kappa shape index (κ3) is 4.19. The summed E-state index contributed by atoms with van der Waals surface area (Å²) in [5.74, 6) is -0.583. The van der Waals surface area contributed by atoms with Crippen LogP contribution in [0.4, 0.5) is 0 Å². The van der Waals surface area contributed by atoms with E-state index in [1.165, 1.54) is 37.4 Å². The molecule has 33 heavy (non-hydrogen) atoms. The highest BCUT2D eigenvalue weighted by Gasteiger charge is 2.45. The maximum Gasteiger partial charge on any atom is 0.402 e. The van der Waals surface area contributed by atoms with Crippen LogP contribution < -0.4 is 9.47 Å². The number of benzene rings is 2. The van der Waals surface area contributed by atoms with E-state index in [9.17, 15) is 35.7 Å². The molecule has 2 heterocycles. The average molecular weight is 463 g/mol. The normalized spacial score (nSPS) is 25.2. The molecule has 3 aromatic rings. The predicted molar refractivity (Wildman–Crippen MR) is 112 cm³/mol. The van der Waals surface area contributed by atoms with Crippen LogP contribution in [0.2, 0.25) is 0 Å². The Bertz CT molecular complexity index is 1160. The van der Waals surface area contributed by atoms with Gasteiger partial charge in [-0.1, -0.05) is 0 Å². The summed E-state index contributed by atoms with van der Waals surface area (Å²) in [4.78, 5) is 0.